The number of benzene rings is 3. The van der Waals surface area contributed by atoms with Crippen LogP contribution in [-0.2, 0) is 11.3 Å². The van der Waals surface area contributed by atoms with Crippen molar-refractivity contribution < 1.29 is 4.79 Å². The van der Waals surface area contributed by atoms with Gasteiger partial charge in [0.2, 0.25) is 0 Å². The van der Waals surface area contributed by atoms with Gasteiger partial charge in [0.1, 0.15) is 12.1 Å². The molecule has 1 N–H and O–H groups in total. The number of nitrogens with zero attached hydrogens (tertiary/aromatic N) is 5. The molecule has 0 aliphatic rings. The van der Waals surface area contributed by atoms with Crippen molar-refractivity contribution >= 4 is 62.5 Å². The summed E-state index contributed by atoms with van der Waals surface area (Å²) < 4.78 is 1.86. The second-order valence-electron chi connectivity index (χ2n) is 7.91. The minimum Gasteiger partial charge on any atom is -0.378 e. The third kappa shape index (κ3) is 4.10. The Morgan fingerprint density at radius 3 is 2.64 bits per heavy atom. The number of para-hydroxylation sites is 1. The number of hydrogen-bond acceptors (Lipinski definition) is 5. The maximum absolute atomic E-state index is 12.7. The summed E-state index contributed by atoms with van der Waals surface area (Å²) in [6.07, 6.45) is 1.63. The molecule has 0 fully saturated rings. The number of aromatic nitrogens is 3. The largest absolute Gasteiger partial charge is 0.378 e. The van der Waals surface area contributed by atoms with Crippen molar-refractivity contribution in [1.82, 2.24) is 20.0 Å². The Bertz CT molecular complexity index is 1520. The molecule has 1 amide bonds. The summed E-state index contributed by atoms with van der Waals surface area (Å²) in [5.74, 6) is -0.253. The molecule has 5 aromatic rings. The Kier molecular flexibility index (Phi) is 5.40. The van der Waals surface area contributed by atoms with Crippen molar-refractivity contribution in [1.29, 1.82) is 0 Å². The second-order valence-corrected chi connectivity index (χ2v) is 8.35. The molecule has 0 saturated heterocycles. The molecule has 3 aromatic carbocycles. The molecular weight excluding hydrogens is 436 g/mol. The third-order valence-corrected chi connectivity index (χ3v) is 5.66. The van der Waals surface area contributed by atoms with Crippen molar-refractivity contribution in [2.45, 2.75) is 6.54 Å². The molecule has 5 rings (SSSR count). The summed E-state index contributed by atoms with van der Waals surface area (Å²) in [6, 6.07) is 21.1. The molecule has 2 aromatic heterocycles. The number of amides is 1. The lowest BCUT2D eigenvalue weighted by atomic mass is 10.2. The highest BCUT2D eigenvalue weighted by molar-refractivity contribution is 6.31. The van der Waals surface area contributed by atoms with Crippen LogP contribution in [0.3, 0.4) is 0 Å². The molecule has 0 aliphatic heterocycles. The van der Waals surface area contributed by atoms with Gasteiger partial charge < -0.3 is 9.47 Å². The minimum absolute atomic E-state index is 0.0642. The molecule has 0 unspecified atom stereocenters. The van der Waals surface area contributed by atoms with Gasteiger partial charge in [0.15, 0.2) is 5.65 Å². The Hall–Kier alpha value is -3.97. The highest BCUT2D eigenvalue weighted by Crippen LogP contribution is 2.28. The van der Waals surface area contributed by atoms with Crippen LogP contribution in [0, 0.1) is 0 Å². The molecule has 0 bridgehead atoms. The predicted octanol–water partition coefficient (Wildman–Crippen LogP) is 4.61. The molecule has 7 nitrogen and oxygen atoms in total. The number of hydrazone groups is 1. The van der Waals surface area contributed by atoms with E-state index in [0.29, 0.717) is 16.2 Å². The normalized spacial score (nSPS) is 11.6. The van der Waals surface area contributed by atoms with E-state index in [2.05, 4.69) is 10.5 Å². The summed E-state index contributed by atoms with van der Waals surface area (Å²) in [5, 5.41) is 5.65. The van der Waals surface area contributed by atoms with Crippen LogP contribution in [-0.4, -0.2) is 40.8 Å². The van der Waals surface area contributed by atoms with Crippen molar-refractivity contribution in [2.24, 2.45) is 5.10 Å². The average Bonchev–Trinajstić information content (AvgIpc) is 3.10. The first-order chi connectivity index (χ1) is 16.0. The lowest BCUT2D eigenvalue weighted by Gasteiger charge is -2.11. The van der Waals surface area contributed by atoms with Gasteiger partial charge in [-0.2, -0.15) is 5.10 Å². The first-order valence-corrected chi connectivity index (χ1v) is 10.8. The van der Waals surface area contributed by atoms with Crippen molar-refractivity contribution in [3.63, 3.8) is 0 Å². The number of halogens is 1. The summed E-state index contributed by atoms with van der Waals surface area (Å²) in [6.45, 7) is 0.0642. The van der Waals surface area contributed by atoms with E-state index in [1.165, 1.54) is 0 Å². The summed E-state index contributed by atoms with van der Waals surface area (Å²) in [4.78, 5) is 24.3. The fraction of sp³-hybridized carbons (Fsp3) is 0.120. The molecule has 0 spiro atoms. The van der Waals surface area contributed by atoms with Gasteiger partial charge in [-0.1, -0.05) is 41.9 Å². The molecule has 0 aliphatic carbocycles. The van der Waals surface area contributed by atoms with E-state index in [-0.39, 0.29) is 12.5 Å². The highest BCUT2D eigenvalue weighted by atomic mass is 35.5. The molecule has 0 atom stereocenters. The van der Waals surface area contributed by atoms with Crippen LogP contribution >= 0.6 is 11.6 Å². The Morgan fingerprint density at radius 2 is 1.85 bits per heavy atom. The highest BCUT2D eigenvalue weighted by Gasteiger charge is 2.16. The fourth-order valence-electron chi connectivity index (χ4n) is 3.79. The van der Waals surface area contributed by atoms with Gasteiger partial charge >= 0.3 is 0 Å². The van der Waals surface area contributed by atoms with Crippen molar-refractivity contribution in [3.05, 3.63) is 77.3 Å². The van der Waals surface area contributed by atoms with Crippen LogP contribution in [0.15, 0.2) is 71.8 Å². The van der Waals surface area contributed by atoms with Crippen LogP contribution < -0.4 is 10.3 Å². The molecule has 2 heterocycles. The standard InChI is InChI=1S/C25H21ClN6O/c1-31(2)18-10-7-16(8-11-18)14-27-30-23(33)15-32-22-6-4-3-5-19(22)24-25(32)29-20-12-9-17(26)13-21(20)28-24/h3-14H,15H2,1-2H3,(H,30,33)/b27-14+. The molecule has 0 saturated carbocycles. The van der Waals surface area contributed by atoms with Crippen LogP contribution in [0.2, 0.25) is 5.02 Å². The number of carbonyl (C=O) groups is 1. The number of anilines is 1. The molecule has 164 valence electrons. The fourth-order valence-corrected chi connectivity index (χ4v) is 3.95. The van der Waals surface area contributed by atoms with Crippen LogP contribution in [0.1, 0.15) is 5.56 Å². The molecule has 0 radical (unpaired) electrons. The topological polar surface area (TPSA) is 75.4 Å². The van der Waals surface area contributed by atoms with Gasteiger partial charge in [-0.05, 0) is 42.0 Å². The van der Waals surface area contributed by atoms with Gasteiger partial charge in [-0.15, -0.1) is 0 Å². The maximum Gasteiger partial charge on any atom is 0.260 e. The molecular formula is C25H21ClN6O. The third-order valence-electron chi connectivity index (χ3n) is 5.43. The van der Waals surface area contributed by atoms with E-state index in [1.54, 1.807) is 18.3 Å². The van der Waals surface area contributed by atoms with Crippen molar-refractivity contribution in [2.75, 3.05) is 19.0 Å². The van der Waals surface area contributed by atoms with E-state index < -0.39 is 0 Å². The Morgan fingerprint density at radius 1 is 1.06 bits per heavy atom. The maximum atomic E-state index is 12.7. The number of hydrogen-bond donors (Lipinski definition) is 1. The van der Waals surface area contributed by atoms with Gasteiger partial charge in [0.05, 0.1) is 22.8 Å². The zero-order valence-corrected chi connectivity index (χ0v) is 18.9. The van der Waals surface area contributed by atoms with E-state index in [0.717, 1.165) is 33.2 Å². The Labute approximate surface area is 195 Å². The summed E-state index contributed by atoms with van der Waals surface area (Å²) >= 11 is 6.13. The van der Waals surface area contributed by atoms with Crippen molar-refractivity contribution in [3.8, 4) is 0 Å². The summed E-state index contributed by atoms with van der Waals surface area (Å²) in [7, 11) is 3.97. The first-order valence-electron chi connectivity index (χ1n) is 10.4. The van der Waals surface area contributed by atoms with Crippen LogP contribution in [0.4, 0.5) is 5.69 Å². The smallest absolute Gasteiger partial charge is 0.260 e. The van der Waals surface area contributed by atoms with E-state index >= 15 is 0 Å². The van der Waals surface area contributed by atoms with Crippen LogP contribution in [0.5, 0.6) is 0 Å². The zero-order chi connectivity index (χ0) is 22.9. The number of rotatable bonds is 5. The first kappa shape index (κ1) is 20.9. The lowest BCUT2D eigenvalue weighted by molar-refractivity contribution is -0.121. The van der Waals surface area contributed by atoms with Gasteiger partial charge in [0.25, 0.3) is 5.91 Å². The predicted molar refractivity (Wildman–Crippen MR) is 134 cm³/mol. The second kappa shape index (κ2) is 8.52. The SMILES string of the molecule is CN(C)c1ccc(/C=N/NC(=O)Cn2c3ccccc3c3nc4cc(Cl)ccc4nc32)cc1. The number of fused-ring (bicyclic) bond motifs is 4. The van der Waals surface area contributed by atoms with E-state index in [1.807, 2.05) is 78.2 Å². The van der Waals surface area contributed by atoms with E-state index in [9.17, 15) is 4.79 Å². The Balaban J connectivity index is 1.43. The minimum atomic E-state index is -0.253. The quantitative estimate of drug-likeness (QED) is 0.309. The average molecular weight is 457 g/mol. The number of carbonyl (C=O) groups excluding carboxylic acids is 1. The number of nitrogens with one attached hydrogen (secondary N) is 1. The van der Waals surface area contributed by atoms with Gasteiger partial charge in [-0.3, -0.25) is 4.79 Å². The van der Waals surface area contributed by atoms with E-state index in [4.69, 9.17) is 21.6 Å². The summed E-state index contributed by atoms with van der Waals surface area (Å²) in [5.41, 5.74) is 8.30. The van der Waals surface area contributed by atoms with Gasteiger partial charge in [-0.25, -0.2) is 15.4 Å². The monoisotopic (exact) mass is 456 g/mol. The molecule has 8 heteroatoms. The van der Waals surface area contributed by atoms with Crippen LogP contribution in [0.25, 0.3) is 33.1 Å². The zero-order valence-electron chi connectivity index (χ0n) is 18.2. The van der Waals surface area contributed by atoms with Gasteiger partial charge in [0, 0.05) is 30.2 Å². The lowest BCUT2D eigenvalue weighted by Crippen LogP contribution is -2.23. The molecule has 33 heavy (non-hydrogen) atoms.